The molecule has 0 atom stereocenters. The van der Waals surface area contributed by atoms with Crippen molar-refractivity contribution in [3.05, 3.63) is 64.4 Å². The standard InChI is InChI=1S/C19H19ClFNO3/c1-2-3-11-25-19(24)13-7-9-14(10-8-13)22-18(23)12-15-16(20)5-4-6-17(15)21/h4-10H,2-3,11-12H2,1H3,(H,22,23). The molecular weight excluding hydrogens is 345 g/mol. The van der Waals surface area contributed by atoms with E-state index in [1.807, 2.05) is 6.92 Å². The molecule has 4 nitrogen and oxygen atoms in total. The number of anilines is 1. The Kier molecular flexibility index (Phi) is 6.95. The summed E-state index contributed by atoms with van der Waals surface area (Å²) in [6.45, 7) is 2.40. The summed E-state index contributed by atoms with van der Waals surface area (Å²) in [4.78, 5) is 23.9. The number of halogens is 2. The van der Waals surface area contributed by atoms with Crippen molar-refractivity contribution in [1.29, 1.82) is 0 Å². The second-order valence-corrected chi connectivity index (χ2v) is 5.90. The highest BCUT2D eigenvalue weighted by Crippen LogP contribution is 2.20. The van der Waals surface area contributed by atoms with E-state index in [1.165, 1.54) is 18.2 Å². The third-order valence-corrected chi connectivity index (χ3v) is 3.89. The van der Waals surface area contributed by atoms with E-state index in [4.69, 9.17) is 16.3 Å². The molecule has 25 heavy (non-hydrogen) atoms. The van der Waals surface area contributed by atoms with Crippen LogP contribution in [0.1, 0.15) is 35.7 Å². The number of rotatable bonds is 7. The van der Waals surface area contributed by atoms with Gasteiger partial charge in [-0.15, -0.1) is 0 Å². The number of amides is 1. The fourth-order valence-corrected chi connectivity index (χ4v) is 2.38. The van der Waals surface area contributed by atoms with Gasteiger partial charge >= 0.3 is 5.97 Å². The monoisotopic (exact) mass is 363 g/mol. The van der Waals surface area contributed by atoms with Gasteiger partial charge in [-0.05, 0) is 42.8 Å². The van der Waals surface area contributed by atoms with Crippen LogP contribution in [-0.2, 0) is 16.0 Å². The van der Waals surface area contributed by atoms with E-state index in [-0.39, 0.29) is 17.0 Å². The van der Waals surface area contributed by atoms with Crippen molar-refractivity contribution < 1.29 is 18.7 Å². The van der Waals surface area contributed by atoms with E-state index < -0.39 is 17.7 Å². The maximum atomic E-state index is 13.7. The van der Waals surface area contributed by atoms with Crippen molar-refractivity contribution in [2.24, 2.45) is 0 Å². The molecule has 2 rings (SSSR count). The van der Waals surface area contributed by atoms with Crippen LogP contribution in [-0.4, -0.2) is 18.5 Å². The quantitative estimate of drug-likeness (QED) is 0.577. The molecule has 0 bridgehead atoms. The second-order valence-electron chi connectivity index (χ2n) is 5.49. The third kappa shape index (κ3) is 5.57. The van der Waals surface area contributed by atoms with Crippen molar-refractivity contribution in [3.8, 4) is 0 Å². The number of hydrogen-bond donors (Lipinski definition) is 1. The predicted octanol–water partition coefficient (Wildman–Crippen LogP) is 4.62. The Morgan fingerprint density at radius 2 is 1.88 bits per heavy atom. The summed E-state index contributed by atoms with van der Waals surface area (Å²) in [5.74, 6) is -1.32. The lowest BCUT2D eigenvalue weighted by atomic mass is 10.1. The van der Waals surface area contributed by atoms with Crippen molar-refractivity contribution in [2.75, 3.05) is 11.9 Å². The summed E-state index contributed by atoms with van der Waals surface area (Å²) in [5.41, 5.74) is 1.06. The molecule has 0 unspecified atom stereocenters. The van der Waals surface area contributed by atoms with E-state index in [0.717, 1.165) is 12.8 Å². The largest absolute Gasteiger partial charge is 0.462 e. The van der Waals surface area contributed by atoms with Gasteiger partial charge in [0.15, 0.2) is 0 Å². The molecule has 0 saturated carbocycles. The average molecular weight is 364 g/mol. The molecule has 0 radical (unpaired) electrons. The van der Waals surface area contributed by atoms with Crippen LogP contribution in [0.25, 0.3) is 0 Å². The fraction of sp³-hybridized carbons (Fsp3) is 0.263. The van der Waals surface area contributed by atoms with Crippen molar-refractivity contribution >= 4 is 29.2 Å². The van der Waals surface area contributed by atoms with Crippen LogP contribution in [0, 0.1) is 5.82 Å². The van der Waals surface area contributed by atoms with Gasteiger partial charge in [-0.2, -0.15) is 0 Å². The first-order valence-electron chi connectivity index (χ1n) is 8.01. The van der Waals surface area contributed by atoms with Gasteiger partial charge in [0, 0.05) is 16.3 Å². The molecule has 132 valence electrons. The first-order valence-corrected chi connectivity index (χ1v) is 8.39. The highest BCUT2D eigenvalue weighted by atomic mass is 35.5. The molecule has 0 aliphatic carbocycles. The van der Waals surface area contributed by atoms with Crippen molar-refractivity contribution in [2.45, 2.75) is 26.2 Å². The predicted molar refractivity (Wildman–Crippen MR) is 95.4 cm³/mol. The van der Waals surface area contributed by atoms with Crippen LogP contribution in [0.2, 0.25) is 5.02 Å². The maximum absolute atomic E-state index is 13.7. The molecule has 0 aliphatic heterocycles. The van der Waals surface area contributed by atoms with Crippen LogP contribution < -0.4 is 5.32 Å². The summed E-state index contributed by atoms with van der Waals surface area (Å²) in [6, 6.07) is 10.6. The summed E-state index contributed by atoms with van der Waals surface area (Å²) < 4.78 is 18.8. The van der Waals surface area contributed by atoms with Gasteiger partial charge in [-0.1, -0.05) is 31.0 Å². The van der Waals surface area contributed by atoms with Crippen molar-refractivity contribution in [3.63, 3.8) is 0 Å². The number of nitrogens with one attached hydrogen (secondary N) is 1. The number of carbonyl (C=O) groups excluding carboxylic acids is 2. The maximum Gasteiger partial charge on any atom is 0.338 e. The number of esters is 1. The van der Waals surface area contributed by atoms with E-state index in [1.54, 1.807) is 24.3 Å². The zero-order valence-electron chi connectivity index (χ0n) is 13.9. The number of ether oxygens (including phenoxy) is 1. The van der Waals surface area contributed by atoms with Crippen LogP contribution in [0.5, 0.6) is 0 Å². The molecule has 0 aliphatic rings. The van der Waals surface area contributed by atoms with Gasteiger partial charge in [0.2, 0.25) is 5.91 Å². The van der Waals surface area contributed by atoms with Gasteiger partial charge in [-0.25, -0.2) is 9.18 Å². The van der Waals surface area contributed by atoms with Crippen LogP contribution in [0.3, 0.4) is 0 Å². The minimum atomic E-state index is -0.521. The summed E-state index contributed by atoms with van der Waals surface area (Å²) in [7, 11) is 0. The lowest BCUT2D eigenvalue weighted by Crippen LogP contribution is -2.15. The Balaban J connectivity index is 1.94. The number of hydrogen-bond acceptors (Lipinski definition) is 3. The highest BCUT2D eigenvalue weighted by Gasteiger charge is 2.12. The first-order chi connectivity index (χ1) is 12.0. The molecule has 2 aromatic carbocycles. The molecular formula is C19H19ClFNO3. The van der Waals surface area contributed by atoms with E-state index in [0.29, 0.717) is 17.9 Å². The third-order valence-electron chi connectivity index (χ3n) is 3.53. The molecule has 0 saturated heterocycles. The van der Waals surface area contributed by atoms with E-state index in [2.05, 4.69) is 5.32 Å². The van der Waals surface area contributed by atoms with Gasteiger partial charge in [0.1, 0.15) is 5.82 Å². The SMILES string of the molecule is CCCCOC(=O)c1ccc(NC(=O)Cc2c(F)cccc2Cl)cc1. The summed E-state index contributed by atoms with van der Waals surface area (Å²) >= 11 is 5.91. The normalized spacial score (nSPS) is 10.4. The first kappa shape index (κ1) is 18.9. The van der Waals surface area contributed by atoms with E-state index >= 15 is 0 Å². The van der Waals surface area contributed by atoms with E-state index in [9.17, 15) is 14.0 Å². The van der Waals surface area contributed by atoms with Crippen LogP contribution in [0.15, 0.2) is 42.5 Å². The zero-order valence-corrected chi connectivity index (χ0v) is 14.6. The Hall–Kier alpha value is -2.40. The summed E-state index contributed by atoms with van der Waals surface area (Å²) in [6.07, 6.45) is 1.59. The number of carbonyl (C=O) groups is 2. The molecule has 0 heterocycles. The Bertz CT molecular complexity index is 727. The number of unbranched alkanes of at least 4 members (excludes halogenated alkanes) is 1. The fourth-order valence-electron chi connectivity index (χ4n) is 2.15. The molecule has 0 fully saturated rings. The second kappa shape index (κ2) is 9.18. The highest BCUT2D eigenvalue weighted by molar-refractivity contribution is 6.31. The molecule has 1 amide bonds. The topological polar surface area (TPSA) is 55.4 Å². The zero-order chi connectivity index (χ0) is 18.2. The molecule has 1 N–H and O–H groups in total. The van der Waals surface area contributed by atoms with Crippen LogP contribution >= 0.6 is 11.6 Å². The van der Waals surface area contributed by atoms with Gasteiger partial charge in [0.05, 0.1) is 18.6 Å². The lowest BCUT2D eigenvalue weighted by molar-refractivity contribution is -0.115. The van der Waals surface area contributed by atoms with Gasteiger partial charge < -0.3 is 10.1 Å². The minimum absolute atomic E-state index is 0.151. The molecule has 2 aromatic rings. The molecule has 6 heteroatoms. The lowest BCUT2D eigenvalue weighted by Gasteiger charge is -2.08. The number of benzene rings is 2. The molecule has 0 spiro atoms. The smallest absolute Gasteiger partial charge is 0.338 e. The Morgan fingerprint density at radius 1 is 1.16 bits per heavy atom. The van der Waals surface area contributed by atoms with Crippen molar-refractivity contribution in [1.82, 2.24) is 0 Å². The minimum Gasteiger partial charge on any atom is -0.462 e. The average Bonchev–Trinajstić information content (AvgIpc) is 2.59. The molecule has 0 aromatic heterocycles. The summed E-state index contributed by atoms with van der Waals surface area (Å²) in [5, 5.41) is 2.86. The Morgan fingerprint density at radius 3 is 2.52 bits per heavy atom. The Labute approximate surface area is 150 Å². The van der Waals surface area contributed by atoms with Crippen LogP contribution in [0.4, 0.5) is 10.1 Å². The van der Waals surface area contributed by atoms with Gasteiger partial charge in [-0.3, -0.25) is 4.79 Å². The van der Waals surface area contributed by atoms with Gasteiger partial charge in [0.25, 0.3) is 0 Å².